The molecule has 1 rings (SSSR count). The third kappa shape index (κ3) is 4.99. The molecule has 1 aromatic rings. The van der Waals surface area contributed by atoms with E-state index in [0.29, 0.717) is 16.5 Å². The third-order valence-electron chi connectivity index (χ3n) is 2.78. The normalized spacial score (nSPS) is 11.4. The van der Waals surface area contributed by atoms with Crippen LogP contribution in [0.15, 0.2) is 18.2 Å². The molecule has 0 radical (unpaired) electrons. The summed E-state index contributed by atoms with van der Waals surface area (Å²) in [4.78, 5) is 11.7. The first kappa shape index (κ1) is 16.2. The molecular weight excluding hydrogens is 289 g/mol. The summed E-state index contributed by atoms with van der Waals surface area (Å²) in [6.45, 7) is 0.925. The molecule has 0 aliphatic rings. The van der Waals surface area contributed by atoms with Crippen molar-refractivity contribution in [3.63, 3.8) is 0 Å². The third-order valence-corrected chi connectivity index (χ3v) is 3.36. The van der Waals surface area contributed by atoms with E-state index in [1.54, 1.807) is 25.1 Å². The minimum absolute atomic E-state index is 0.219. The molecule has 0 saturated carbocycles. The molecule has 0 heterocycles. The van der Waals surface area contributed by atoms with Crippen molar-refractivity contribution in [2.45, 2.75) is 25.3 Å². The van der Waals surface area contributed by atoms with E-state index in [1.165, 1.54) is 0 Å². The number of hydrogen-bond acceptors (Lipinski definition) is 3. The summed E-state index contributed by atoms with van der Waals surface area (Å²) >= 11 is 11.8. The van der Waals surface area contributed by atoms with Crippen LogP contribution in [0.5, 0.6) is 0 Å². The Labute approximate surface area is 122 Å². The van der Waals surface area contributed by atoms with E-state index in [4.69, 9.17) is 33.4 Å². The number of halogens is 2. The van der Waals surface area contributed by atoms with Gasteiger partial charge in [0.2, 0.25) is 5.91 Å². The fourth-order valence-corrected chi connectivity index (χ4v) is 2.00. The van der Waals surface area contributed by atoms with Crippen molar-refractivity contribution in [3.05, 3.63) is 33.8 Å². The van der Waals surface area contributed by atoms with Gasteiger partial charge in [0.25, 0.3) is 0 Å². The summed E-state index contributed by atoms with van der Waals surface area (Å²) in [7, 11) is 0. The summed E-state index contributed by atoms with van der Waals surface area (Å²) in [5.74, 6) is -0.253. The zero-order chi connectivity index (χ0) is 14.5. The van der Waals surface area contributed by atoms with Gasteiger partial charge in [-0.3, -0.25) is 4.79 Å². The summed E-state index contributed by atoms with van der Waals surface area (Å²) in [6, 6.07) is 5.11. The van der Waals surface area contributed by atoms with E-state index >= 15 is 0 Å². The second-order valence-electron chi connectivity index (χ2n) is 4.66. The monoisotopic (exact) mass is 305 g/mol. The highest BCUT2D eigenvalue weighted by molar-refractivity contribution is 6.35. The highest BCUT2D eigenvalue weighted by Crippen LogP contribution is 2.22. The Morgan fingerprint density at radius 1 is 1.32 bits per heavy atom. The zero-order valence-electron chi connectivity index (χ0n) is 10.6. The predicted molar refractivity (Wildman–Crippen MR) is 75.5 cm³/mol. The van der Waals surface area contributed by atoms with E-state index < -0.39 is 5.54 Å². The van der Waals surface area contributed by atoms with Crippen LogP contribution in [0.2, 0.25) is 10.0 Å². The average molecular weight is 306 g/mol. The first-order valence-electron chi connectivity index (χ1n) is 5.87. The molecular formula is C13H17Cl2NO3. The fourth-order valence-electron chi connectivity index (χ4n) is 1.50. The molecule has 19 heavy (non-hydrogen) atoms. The fraction of sp³-hybridized carbons (Fsp3) is 0.462. The van der Waals surface area contributed by atoms with Gasteiger partial charge in [-0.05, 0) is 31.0 Å². The van der Waals surface area contributed by atoms with Crippen LogP contribution in [0.3, 0.4) is 0 Å². The molecule has 0 fully saturated rings. The lowest BCUT2D eigenvalue weighted by Crippen LogP contribution is -2.51. The molecule has 0 aliphatic carbocycles. The molecule has 106 valence electrons. The smallest absolute Gasteiger partial charge is 0.220 e. The lowest BCUT2D eigenvalue weighted by molar-refractivity contribution is -0.124. The number of carbonyl (C=O) groups excluding carboxylic acids is 1. The zero-order valence-corrected chi connectivity index (χ0v) is 12.1. The Hall–Kier alpha value is -0.810. The van der Waals surface area contributed by atoms with E-state index in [0.717, 1.165) is 5.56 Å². The van der Waals surface area contributed by atoms with Gasteiger partial charge < -0.3 is 15.5 Å². The van der Waals surface area contributed by atoms with Gasteiger partial charge in [0.15, 0.2) is 0 Å². The minimum atomic E-state index is -0.999. The second-order valence-corrected chi connectivity index (χ2v) is 5.50. The van der Waals surface area contributed by atoms with Crippen LogP contribution < -0.4 is 5.32 Å². The molecule has 0 unspecified atom stereocenters. The lowest BCUT2D eigenvalue weighted by atomic mass is 10.0. The molecule has 0 spiro atoms. The highest BCUT2D eigenvalue weighted by Gasteiger charge is 2.24. The van der Waals surface area contributed by atoms with Crippen LogP contribution >= 0.6 is 23.2 Å². The number of amides is 1. The molecule has 6 heteroatoms. The van der Waals surface area contributed by atoms with E-state index in [9.17, 15) is 4.79 Å². The largest absolute Gasteiger partial charge is 0.394 e. The van der Waals surface area contributed by atoms with Gasteiger partial charge in [-0.2, -0.15) is 0 Å². The van der Waals surface area contributed by atoms with Crippen molar-refractivity contribution in [2.75, 3.05) is 13.2 Å². The quantitative estimate of drug-likeness (QED) is 0.750. The van der Waals surface area contributed by atoms with Crippen molar-refractivity contribution in [1.82, 2.24) is 5.32 Å². The average Bonchev–Trinajstić information content (AvgIpc) is 2.37. The number of aryl methyl sites for hydroxylation is 1. The second kappa shape index (κ2) is 7.10. The van der Waals surface area contributed by atoms with Gasteiger partial charge in [0.05, 0.1) is 18.8 Å². The molecule has 1 amide bonds. The van der Waals surface area contributed by atoms with Crippen LogP contribution in [-0.4, -0.2) is 34.9 Å². The van der Waals surface area contributed by atoms with Gasteiger partial charge in [-0.15, -0.1) is 0 Å². The van der Waals surface area contributed by atoms with Crippen LogP contribution in [0.4, 0.5) is 0 Å². The molecule has 0 aliphatic heterocycles. The highest BCUT2D eigenvalue weighted by atomic mass is 35.5. The van der Waals surface area contributed by atoms with E-state index in [-0.39, 0.29) is 25.5 Å². The summed E-state index contributed by atoms with van der Waals surface area (Å²) in [6.07, 6.45) is 0.686. The molecule has 4 nitrogen and oxygen atoms in total. The van der Waals surface area contributed by atoms with E-state index in [2.05, 4.69) is 5.32 Å². The summed E-state index contributed by atoms with van der Waals surface area (Å²) in [5, 5.41) is 21.8. The number of carbonyl (C=O) groups is 1. The van der Waals surface area contributed by atoms with Gasteiger partial charge in [0, 0.05) is 16.5 Å². The van der Waals surface area contributed by atoms with Crippen LogP contribution in [0, 0.1) is 0 Å². The Kier molecular flexibility index (Phi) is 6.07. The van der Waals surface area contributed by atoms with Crippen molar-refractivity contribution >= 4 is 29.1 Å². The molecule has 0 aromatic heterocycles. The molecule has 1 aromatic carbocycles. The van der Waals surface area contributed by atoms with Gasteiger partial charge in [-0.25, -0.2) is 0 Å². The Bertz CT molecular complexity index is 448. The molecule has 0 atom stereocenters. The first-order valence-corrected chi connectivity index (χ1v) is 6.62. The predicted octanol–water partition coefficient (Wildman–Crippen LogP) is 1.79. The van der Waals surface area contributed by atoms with Gasteiger partial charge in [-0.1, -0.05) is 29.3 Å². The number of aliphatic hydroxyl groups excluding tert-OH is 2. The minimum Gasteiger partial charge on any atom is -0.394 e. The maximum atomic E-state index is 11.7. The number of rotatable bonds is 6. The Morgan fingerprint density at radius 2 is 1.95 bits per heavy atom. The van der Waals surface area contributed by atoms with Crippen LogP contribution in [0.1, 0.15) is 18.9 Å². The Balaban J connectivity index is 2.55. The summed E-state index contributed by atoms with van der Waals surface area (Å²) in [5.41, 5.74) is -0.170. The molecule has 3 N–H and O–H groups in total. The van der Waals surface area contributed by atoms with Crippen molar-refractivity contribution < 1.29 is 15.0 Å². The molecule has 0 bridgehead atoms. The van der Waals surface area contributed by atoms with Gasteiger partial charge >= 0.3 is 0 Å². The van der Waals surface area contributed by atoms with Crippen molar-refractivity contribution in [1.29, 1.82) is 0 Å². The SMILES string of the molecule is CC(CO)(CO)NC(=O)CCc1ccc(Cl)cc1Cl. The standard InChI is InChI=1S/C13H17Cl2NO3/c1-13(7-17,8-18)16-12(19)5-3-9-2-4-10(14)6-11(9)15/h2,4,6,17-18H,3,5,7-8H2,1H3,(H,16,19). The topological polar surface area (TPSA) is 69.6 Å². The number of benzene rings is 1. The van der Waals surface area contributed by atoms with Gasteiger partial charge in [0.1, 0.15) is 0 Å². The van der Waals surface area contributed by atoms with Crippen molar-refractivity contribution in [2.24, 2.45) is 0 Å². The van der Waals surface area contributed by atoms with Crippen molar-refractivity contribution in [3.8, 4) is 0 Å². The number of nitrogens with one attached hydrogen (secondary N) is 1. The van der Waals surface area contributed by atoms with Crippen LogP contribution in [0.25, 0.3) is 0 Å². The first-order chi connectivity index (χ1) is 8.90. The Morgan fingerprint density at radius 3 is 2.47 bits per heavy atom. The summed E-state index contributed by atoms with van der Waals surface area (Å²) < 4.78 is 0. The maximum absolute atomic E-state index is 11.7. The number of aliphatic hydroxyl groups is 2. The molecule has 0 saturated heterocycles. The van der Waals surface area contributed by atoms with E-state index in [1.807, 2.05) is 0 Å². The lowest BCUT2D eigenvalue weighted by Gasteiger charge is -2.26. The maximum Gasteiger partial charge on any atom is 0.220 e. The van der Waals surface area contributed by atoms with Crippen LogP contribution in [-0.2, 0) is 11.2 Å². The number of hydrogen-bond donors (Lipinski definition) is 3.